The van der Waals surface area contributed by atoms with Gasteiger partial charge < -0.3 is 5.32 Å². The first-order valence-corrected chi connectivity index (χ1v) is 6.16. The predicted molar refractivity (Wildman–Crippen MR) is 66.1 cm³/mol. The molecule has 0 aliphatic heterocycles. The van der Waals surface area contributed by atoms with Gasteiger partial charge in [0, 0.05) is 25.3 Å². The number of aromatic nitrogens is 1. The van der Waals surface area contributed by atoms with Crippen molar-refractivity contribution in [3.8, 4) is 0 Å². The standard InChI is InChI=1S/C13H21N3/c1-3-16(13-6-7-13)10-12-5-4-11(8-14-2)9-15-12/h4-5,9,13-14H,3,6-8,10H2,1-2H3. The first-order chi connectivity index (χ1) is 7.83. The lowest BCUT2D eigenvalue weighted by atomic mass is 10.2. The highest BCUT2D eigenvalue weighted by atomic mass is 15.2. The van der Waals surface area contributed by atoms with E-state index in [4.69, 9.17) is 0 Å². The van der Waals surface area contributed by atoms with Gasteiger partial charge in [-0.15, -0.1) is 0 Å². The third-order valence-electron chi connectivity index (χ3n) is 3.10. The third kappa shape index (κ3) is 3.03. The van der Waals surface area contributed by atoms with Crippen molar-refractivity contribution in [3.05, 3.63) is 29.6 Å². The Hall–Kier alpha value is -0.930. The molecule has 88 valence electrons. The summed E-state index contributed by atoms with van der Waals surface area (Å²) in [5, 5.41) is 3.13. The van der Waals surface area contributed by atoms with Gasteiger partial charge in [0.25, 0.3) is 0 Å². The van der Waals surface area contributed by atoms with Crippen molar-refractivity contribution < 1.29 is 0 Å². The van der Waals surface area contributed by atoms with Crippen LogP contribution in [0.25, 0.3) is 0 Å². The van der Waals surface area contributed by atoms with Crippen LogP contribution in [0.3, 0.4) is 0 Å². The lowest BCUT2D eigenvalue weighted by Crippen LogP contribution is -2.25. The van der Waals surface area contributed by atoms with Gasteiger partial charge in [-0.2, -0.15) is 0 Å². The van der Waals surface area contributed by atoms with E-state index >= 15 is 0 Å². The van der Waals surface area contributed by atoms with Crippen LogP contribution in [-0.2, 0) is 13.1 Å². The van der Waals surface area contributed by atoms with Gasteiger partial charge >= 0.3 is 0 Å². The average Bonchev–Trinajstić information content (AvgIpc) is 3.12. The monoisotopic (exact) mass is 219 g/mol. The molecule has 1 aromatic rings. The molecule has 0 saturated heterocycles. The van der Waals surface area contributed by atoms with Crippen molar-refractivity contribution in [1.29, 1.82) is 0 Å². The smallest absolute Gasteiger partial charge is 0.0544 e. The molecule has 0 aromatic carbocycles. The molecular formula is C13H21N3. The fourth-order valence-corrected chi connectivity index (χ4v) is 2.00. The quantitative estimate of drug-likeness (QED) is 0.790. The minimum Gasteiger partial charge on any atom is -0.316 e. The van der Waals surface area contributed by atoms with Crippen LogP contribution in [-0.4, -0.2) is 29.5 Å². The summed E-state index contributed by atoms with van der Waals surface area (Å²) in [5.41, 5.74) is 2.44. The zero-order valence-electron chi connectivity index (χ0n) is 10.2. The van der Waals surface area contributed by atoms with E-state index in [0.717, 1.165) is 25.7 Å². The van der Waals surface area contributed by atoms with E-state index in [1.165, 1.54) is 24.1 Å². The predicted octanol–water partition coefficient (Wildman–Crippen LogP) is 1.79. The van der Waals surface area contributed by atoms with E-state index in [2.05, 4.69) is 34.3 Å². The Morgan fingerprint density at radius 2 is 2.25 bits per heavy atom. The second-order valence-corrected chi connectivity index (χ2v) is 4.48. The van der Waals surface area contributed by atoms with E-state index in [1.807, 2.05) is 13.2 Å². The molecule has 16 heavy (non-hydrogen) atoms. The number of nitrogens with one attached hydrogen (secondary N) is 1. The fraction of sp³-hybridized carbons (Fsp3) is 0.615. The van der Waals surface area contributed by atoms with Gasteiger partial charge in [-0.1, -0.05) is 13.0 Å². The van der Waals surface area contributed by atoms with E-state index in [9.17, 15) is 0 Å². The van der Waals surface area contributed by atoms with Crippen LogP contribution in [0, 0.1) is 0 Å². The highest BCUT2D eigenvalue weighted by Crippen LogP contribution is 2.27. The molecule has 3 heteroatoms. The Labute approximate surface area is 97.9 Å². The Morgan fingerprint density at radius 1 is 1.44 bits per heavy atom. The summed E-state index contributed by atoms with van der Waals surface area (Å²) in [7, 11) is 1.96. The van der Waals surface area contributed by atoms with Crippen molar-refractivity contribution in [3.63, 3.8) is 0 Å². The van der Waals surface area contributed by atoms with Crippen molar-refractivity contribution in [1.82, 2.24) is 15.2 Å². The first-order valence-electron chi connectivity index (χ1n) is 6.16. The lowest BCUT2D eigenvalue weighted by Gasteiger charge is -2.19. The van der Waals surface area contributed by atoms with Gasteiger partial charge in [0.2, 0.25) is 0 Å². The van der Waals surface area contributed by atoms with Gasteiger partial charge in [0.1, 0.15) is 0 Å². The van der Waals surface area contributed by atoms with Crippen molar-refractivity contribution in [2.24, 2.45) is 0 Å². The van der Waals surface area contributed by atoms with Crippen molar-refractivity contribution in [2.75, 3.05) is 13.6 Å². The first kappa shape index (κ1) is 11.6. The molecule has 1 N–H and O–H groups in total. The van der Waals surface area contributed by atoms with E-state index in [1.54, 1.807) is 0 Å². The molecule has 2 rings (SSSR count). The molecule has 0 amide bonds. The molecule has 3 nitrogen and oxygen atoms in total. The van der Waals surface area contributed by atoms with Gasteiger partial charge in [-0.25, -0.2) is 0 Å². The van der Waals surface area contributed by atoms with Gasteiger partial charge in [0.15, 0.2) is 0 Å². The van der Waals surface area contributed by atoms with Crippen LogP contribution in [0.15, 0.2) is 18.3 Å². The molecule has 0 spiro atoms. The highest BCUT2D eigenvalue weighted by Gasteiger charge is 2.27. The summed E-state index contributed by atoms with van der Waals surface area (Å²) in [6.07, 6.45) is 4.71. The summed E-state index contributed by atoms with van der Waals surface area (Å²) >= 11 is 0. The van der Waals surface area contributed by atoms with Crippen LogP contribution >= 0.6 is 0 Å². The topological polar surface area (TPSA) is 28.2 Å². The molecule has 0 unspecified atom stereocenters. The largest absolute Gasteiger partial charge is 0.316 e. The molecule has 1 aromatic heterocycles. The Bertz CT molecular complexity index is 316. The van der Waals surface area contributed by atoms with Gasteiger partial charge in [-0.3, -0.25) is 9.88 Å². The fourth-order valence-electron chi connectivity index (χ4n) is 2.00. The van der Waals surface area contributed by atoms with Crippen molar-refractivity contribution >= 4 is 0 Å². The zero-order valence-corrected chi connectivity index (χ0v) is 10.2. The summed E-state index contributed by atoms with van der Waals surface area (Å²) in [5.74, 6) is 0. The molecule has 0 bridgehead atoms. The maximum absolute atomic E-state index is 4.51. The van der Waals surface area contributed by atoms with Crippen LogP contribution in [0.2, 0.25) is 0 Å². The summed E-state index contributed by atoms with van der Waals surface area (Å²) < 4.78 is 0. The maximum Gasteiger partial charge on any atom is 0.0544 e. The summed E-state index contributed by atoms with van der Waals surface area (Å²) in [6.45, 7) is 5.26. The second kappa shape index (κ2) is 5.41. The van der Waals surface area contributed by atoms with Crippen LogP contribution in [0.4, 0.5) is 0 Å². The summed E-state index contributed by atoms with van der Waals surface area (Å²) in [4.78, 5) is 7.03. The normalized spacial score (nSPS) is 15.7. The van der Waals surface area contributed by atoms with Crippen LogP contribution < -0.4 is 5.32 Å². The molecule has 1 fully saturated rings. The Balaban J connectivity index is 1.92. The minimum absolute atomic E-state index is 0.823. The van der Waals surface area contributed by atoms with E-state index in [0.29, 0.717) is 0 Å². The molecule has 1 saturated carbocycles. The van der Waals surface area contributed by atoms with Crippen LogP contribution in [0.5, 0.6) is 0 Å². The van der Waals surface area contributed by atoms with E-state index in [-0.39, 0.29) is 0 Å². The minimum atomic E-state index is 0.823. The molecule has 1 heterocycles. The molecule has 1 aliphatic rings. The Kier molecular flexibility index (Phi) is 3.91. The Morgan fingerprint density at radius 3 is 2.75 bits per heavy atom. The third-order valence-corrected chi connectivity index (χ3v) is 3.10. The average molecular weight is 219 g/mol. The number of pyridine rings is 1. The number of rotatable bonds is 6. The number of nitrogens with zero attached hydrogens (tertiary/aromatic N) is 2. The lowest BCUT2D eigenvalue weighted by molar-refractivity contribution is 0.266. The molecular weight excluding hydrogens is 198 g/mol. The highest BCUT2D eigenvalue weighted by molar-refractivity contribution is 5.14. The maximum atomic E-state index is 4.51. The van der Waals surface area contributed by atoms with Crippen LogP contribution in [0.1, 0.15) is 31.0 Å². The summed E-state index contributed by atoms with van der Waals surface area (Å²) in [6, 6.07) is 5.14. The van der Waals surface area contributed by atoms with Gasteiger partial charge in [-0.05, 0) is 38.1 Å². The molecule has 1 aliphatic carbocycles. The SMILES string of the molecule is CCN(Cc1ccc(CNC)cn1)C1CC1. The molecule has 0 radical (unpaired) electrons. The van der Waals surface area contributed by atoms with Gasteiger partial charge in [0.05, 0.1) is 5.69 Å². The van der Waals surface area contributed by atoms with E-state index < -0.39 is 0 Å². The van der Waals surface area contributed by atoms with Crippen molar-refractivity contribution in [2.45, 2.75) is 38.9 Å². The number of hydrogen-bond acceptors (Lipinski definition) is 3. The second-order valence-electron chi connectivity index (χ2n) is 4.48. The number of hydrogen-bond donors (Lipinski definition) is 1. The molecule has 0 atom stereocenters. The zero-order chi connectivity index (χ0) is 11.4.